The van der Waals surface area contributed by atoms with E-state index in [1.807, 2.05) is 6.26 Å². The Balaban J connectivity index is 2.37. The molecule has 1 fully saturated rings. The van der Waals surface area contributed by atoms with Gasteiger partial charge in [0.25, 0.3) is 0 Å². The fraction of sp³-hybridized carbons (Fsp3) is 1.00. The lowest BCUT2D eigenvalue weighted by molar-refractivity contribution is 0.386. The van der Waals surface area contributed by atoms with Crippen molar-refractivity contribution in [3.63, 3.8) is 0 Å². The summed E-state index contributed by atoms with van der Waals surface area (Å²) in [6.45, 7) is 3.25. The van der Waals surface area contributed by atoms with Gasteiger partial charge >= 0.3 is 0 Å². The van der Waals surface area contributed by atoms with E-state index in [1.54, 1.807) is 0 Å². The molecule has 0 amide bonds. The summed E-state index contributed by atoms with van der Waals surface area (Å²) in [6, 6.07) is 0.503. The van der Waals surface area contributed by atoms with Gasteiger partial charge in [0.2, 0.25) is 0 Å². The molecule has 0 aromatic rings. The van der Waals surface area contributed by atoms with Gasteiger partial charge in [-0.05, 0) is 31.7 Å². The van der Waals surface area contributed by atoms with Crippen LogP contribution in [0.3, 0.4) is 0 Å². The molecule has 2 atom stereocenters. The van der Waals surface area contributed by atoms with Crippen LogP contribution in [0.25, 0.3) is 0 Å². The minimum absolute atomic E-state index is 0.503. The molecular weight excluding hydrogens is 194 g/mol. The maximum Gasteiger partial charge on any atom is 0.0388 e. The predicted molar refractivity (Wildman–Crippen MR) is 63.0 cm³/mol. The van der Waals surface area contributed by atoms with Crippen LogP contribution in [0.1, 0.15) is 39.0 Å². The highest BCUT2D eigenvalue weighted by Gasteiger charge is 2.24. The molecule has 3 heteroatoms. The molecule has 2 unspecified atom stereocenters. The van der Waals surface area contributed by atoms with Gasteiger partial charge in [0.05, 0.1) is 0 Å². The molecule has 84 valence electrons. The first-order chi connectivity index (χ1) is 6.74. The van der Waals surface area contributed by atoms with Crippen molar-refractivity contribution in [2.75, 3.05) is 18.6 Å². The standard InChI is InChI=1S/C11H23NOS/c1-3-8-12-11(9-14(2)13)10-6-4-5-7-10/h10-12H,3-9H2,1-2H3. The lowest BCUT2D eigenvalue weighted by Gasteiger charge is -2.23. The highest BCUT2D eigenvalue weighted by atomic mass is 32.2. The highest BCUT2D eigenvalue weighted by Crippen LogP contribution is 2.28. The second-order valence-corrected chi connectivity index (χ2v) is 5.82. The maximum absolute atomic E-state index is 11.2. The first kappa shape index (κ1) is 12.2. The average Bonchev–Trinajstić information content (AvgIpc) is 2.64. The van der Waals surface area contributed by atoms with E-state index in [1.165, 1.54) is 32.1 Å². The van der Waals surface area contributed by atoms with Crippen LogP contribution in [0.15, 0.2) is 0 Å². The predicted octanol–water partition coefficient (Wildman–Crippen LogP) is 1.92. The molecule has 1 rings (SSSR count). The van der Waals surface area contributed by atoms with E-state index in [4.69, 9.17) is 0 Å². The summed E-state index contributed by atoms with van der Waals surface area (Å²) in [5.41, 5.74) is 0. The van der Waals surface area contributed by atoms with E-state index >= 15 is 0 Å². The summed E-state index contributed by atoms with van der Waals surface area (Å²) in [7, 11) is -0.658. The molecule has 0 bridgehead atoms. The molecule has 0 heterocycles. The molecular formula is C11H23NOS. The molecule has 1 saturated carbocycles. The summed E-state index contributed by atoms with van der Waals surface area (Å²) in [5, 5.41) is 3.55. The molecule has 1 aliphatic carbocycles. The van der Waals surface area contributed by atoms with Crippen LogP contribution < -0.4 is 5.32 Å². The van der Waals surface area contributed by atoms with Crippen LogP contribution in [-0.2, 0) is 10.8 Å². The van der Waals surface area contributed by atoms with Crippen LogP contribution in [0.5, 0.6) is 0 Å². The molecule has 0 radical (unpaired) electrons. The first-order valence-corrected chi connectivity index (χ1v) is 7.50. The fourth-order valence-corrected chi connectivity index (χ4v) is 3.20. The van der Waals surface area contributed by atoms with Crippen molar-refractivity contribution in [1.29, 1.82) is 0 Å². The molecule has 14 heavy (non-hydrogen) atoms. The average molecular weight is 217 g/mol. The molecule has 1 N–H and O–H groups in total. The molecule has 0 aromatic carbocycles. The summed E-state index contributed by atoms with van der Waals surface area (Å²) in [4.78, 5) is 0. The Morgan fingerprint density at radius 2 is 2.07 bits per heavy atom. The minimum Gasteiger partial charge on any atom is -0.313 e. The topological polar surface area (TPSA) is 29.1 Å². The fourth-order valence-electron chi connectivity index (χ4n) is 2.30. The van der Waals surface area contributed by atoms with Gasteiger partial charge in [-0.25, -0.2) is 0 Å². The summed E-state index contributed by atoms with van der Waals surface area (Å²) in [6.07, 6.45) is 8.38. The summed E-state index contributed by atoms with van der Waals surface area (Å²) < 4.78 is 11.2. The molecule has 1 aliphatic rings. The smallest absolute Gasteiger partial charge is 0.0388 e. The van der Waals surface area contributed by atoms with Crippen LogP contribution in [-0.4, -0.2) is 28.8 Å². The Morgan fingerprint density at radius 1 is 1.43 bits per heavy atom. The monoisotopic (exact) mass is 217 g/mol. The Bertz CT molecular complexity index is 178. The lowest BCUT2D eigenvalue weighted by Crippen LogP contribution is -2.39. The van der Waals surface area contributed by atoms with E-state index in [9.17, 15) is 4.21 Å². The Hall–Kier alpha value is 0.110. The van der Waals surface area contributed by atoms with Crippen LogP contribution in [0, 0.1) is 5.92 Å². The van der Waals surface area contributed by atoms with Crippen molar-refractivity contribution >= 4 is 10.8 Å². The van der Waals surface area contributed by atoms with Crippen LogP contribution >= 0.6 is 0 Å². The van der Waals surface area contributed by atoms with Crippen molar-refractivity contribution < 1.29 is 4.21 Å². The van der Waals surface area contributed by atoms with Gasteiger partial charge in [0, 0.05) is 28.9 Å². The zero-order valence-corrected chi connectivity index (χ0v) is 10.2. The summed E-state index contributed by atoms with van der Waals surface area (Å²) in [5.74, 6) is 1.62. The number of hydrogen-bond donors (Lipinski definition) is 1. The second kappa shape index (κ2) is 6.57. The largest absolute Gasteiger partial charge is 0.313 e. The van der Waals surface area contributed by atoms with E-state index in [-0.39, 0.29) is 0 Å². The van der Waals surface area contributed by atoms with Gasteiger partial charge < -0.3 is 5.32 Å². The summed E-state index contributed by atoms with van der Waals surface area (Å²) >= 11 is 0. The molecule has 0 spiro atoms. The van der Waals surface area contributed by atoms with Crippen molar-refractivity contribution in [3.05, 3.63) is 0 Å². The maximum atomic E-state index is 11.2. The van der Waals surface area contributed by atoms with Crippen molar-refractivity contribution in [2.24, 2.45) is 5.92 Å². The van der Waals surface area contributed by atoms with Gasteiger partial charge in [0.1, 0.15) is 0 Å². The Morgan fingerprint density at radius 3 is 2.57 bits per heavy atom. The van der Waals surface area contributed by atoms with Gasteiger partial charge in [0.15, 0.2) is 0 Å². The normalized spacial score (nSPS) is 22.4. The number of nitrogens with one attached hydrogen (secondary N) is 1. The molecule has 2 nitrogen and oxygen atoms in total. The van der Waals surface area contributed by atoms with Gasteiger partial charge in [-0.2, -0.15) is 0 Å². The number of rotatable bonds is 6. The lowest BCUT2D eigenvalue weighted by atomic mass is 10.00. The zero-order valence-electron chi connectivity index (χ0n) is 9.42. The minimum atomic E-state index is -0.658. The quantitative estimate of drug-likeness (QED) is 0.736. The molecule has 0 saturated heterocycles. The van der Waals surface area contributed by atoms with E-state index < -0.39 is 10.8 Å². The molecule has 0 aromatic heterocycles. The highest BCUT2D eigenvalue weighted by molar-refractivity contribution is 7.84. The van der Waals surface area contributed by atoms with Crippen LogP contribution in [0.2, 0.25) is 0 Å². The first-order valence-electron chi connectivity index (χ1n) is 5.77. The second-order valence-electron chi connectivity index (χ2n) is 4.35. The Labute approximate surface area is 90.3 Å². The molecule has 0 aliphatic heterocycles. The zero-order chi connectivity index (χ0) is 10.4. The van der Waals surface area contributed by atoms with Gasteiger partial charge in [-0.15, -0.1) is 0 Å². The van der Waals surface area contributed by atoms with E-state index in [0.29, 0.717) is 6.04 Å². The van der Waals surface area contributed by atoms with E-state index in [2.05, 4.69) is 12.2 Å². The third-order valence-corrected chi connectivity index (χ3v) is 3.87. The van der Waals surface area contributed by atoms with Crippen LogP contribution in [0.4, 0.5) is 0 Å². The number of hydrogen-bond acceptors (Lipinski definition) is 2. The third-order valence-electron chi connectivity index (χ3n) is 3.04. The third kappa shape index (κ3) is 4.09. The van der Waals surface area contributed by atoms with Crippen molar-refractivity contribution in [1.82, 2.24) is 5.32 Å². The van der Waals surface area contributed by atoms with Gasteiger partial charge in [-0.3, -0.25) is 4.21 Å². The van der Waals surface area contributed by atoms with Gasteiger partial charge in [-0.1, -0.05) is 19.8 Å². The van der Waals surface area contributed by atoms with Crippen molar-refractivity contribution in [3.8, 4) is 0 Å². The van der Waals surface area contributed by atoms with Crippen molar-refractivity contribution in [2.45, 2.75) is 45.1 Å². The SMILES string of the molecule is CCCNC(CS(C)=O)C1CCCC1. The Kier molecular flexibility index (Phi) is 5.71. The van der Waals surface area contributed by atoms with E-state index in [0.717, 1.165) is 18.2 Å².